The molecule has 0 atom stereocenters. The van der Waals surface area contributed by atoms with Crippen LogP contribution in [0, 0.1) is 0 Å². The van der Waals surface area contributed by atoms with Gasteiger partial charge in [0.1, 0.15) is 0 Å². The van der Waals surface area contributed by atoms with Crippen LogP contribution in [0.1, 0.15) is 11.8 Å². The number of thiophene rings is 1. The molecule has 1 aliphatic heterocycles. The van der Waals surface area contributed by atoms with Crippen molar-refractivity contribution in [2.45, 2.75) is 16.0 Å². The van der Waals surface area contributed by atoms with E-state index in [4.69, 9.17) is 21.3 Å². The topological polar surface area (TPSA) is 41.9 Å². The number of ether oxygens (including phenoxy) is 1. The highest BCUT2D eigenvalue weighted by Gasteiger charge is 2.33. The average Bonchev–Trinajstić information content (AvgIpc) is 3.35. The van der Waals surface area contributed by atoms with E-state index in [-0.39, 0.29) is 5.91 Å². The Labute approximate surface area is 205 Å². The van der Waals surface area contributed by atoms with Crippen molar-refractivity contribution in [2.75, 3.05) is 19.8 Å². The Morgan fingerprint density at radius 1 is 1.09 bits per heavy atom. The Kier molecular flexibility index (Phi) is 8.10. The number of nitrogens with zero attached hydrogens (tertiary/aromatic N) is 2. The smallest absolute Gasteiger partial charge is 0.266 e. The molecule has 1 saturated heterocycles. The molecule has 0 unspecified atom stereocenters. The Hall–Kier alpha value is -2.03. The number of benzene rings is 2. The number of amides is 1. The van der Waals surface area contributed by atoms with E-state index in [1.807, 2.05) is 73.7 Å². The van der Waals surface area contributed by atoms with Crippen molar-refractivity contribution >= 4 is 69.3 Å². The fraction of sp³-hybridized carbons (Fsp3) is 0.167. The van der Waals surface area contributed by atoms with Crippen LogP contribution in [0.15, 0.2) is 85.7 Å². The van der Waals surface area contributed by atoms with Crippen molar-refractivity contribution in [2.24, 2.45) is 4.99 Å². The first kappa shape index (κ1) is 23.1. The van der Waals surface area contributed by atoms with Gasteiger partial charge in [0.25, 0.3) is 5.91 Å². The number of carbonyl (C=O) groups is 1. The van der Waals surface area contributed by atoms with Gasteiger partial charge < -0.3 is 4.74 Å². The molecule has 1 aliphatic rings. The van der Waals surface area contributed by atoms with Gasteiger partial charge in [-0.05, 0) is 73.3 Å². The number of carbonyl (C=O) groups excluding carboxylic acids is 1. The molecule has 0 bridgehead atoms. The van der Waals surface area contributed by atoms with Gasteiger partial charge in [-0.25, -0.2) is 4.99 Å². The molecule has 32 heavy (non-hydrogen) atoms. The van der Waals surface area contributed by atoms with E-state index in [1.54, 1.807) is 28.0 Å². The van der Waals surface area contributed by atoms with Gasteiger partial charge >= 0.3 is 0 Å². The lowest BCUT2D eigenvalue weighted by atomic mass is 10.3. The number of halogens is 1. The number of rotatable bonds is 8. The number of aliphatic imine (C=N–C) groups is 1. The fourth-order valence-corrected chi connectivity index (χ4v) is 6.20. The van der Waals surface area contributed by atoms with Crippen LogP contribution in [0.2, 0.25) is 5.02 Å². The summed E-state index contributed by atoms with van der Waals surface area (Å²) in [5.74, 6) is -0.0373. The number of amidine groups is 1. The minimum Gasteiger partial charge on any atom is -0.380 e. The second-order valence-corrected chi connectivity index (χ2v) is 10.6. The molecule has 3 aromatic rings. The molecule has 0 aliphatic carbocycles. The summed E-state index contributed by atoms with van der Waals surface area (Å²) in [4.78, 5) is 22.4. The quantitative estimate of drug-likeness (QED) is 0.242. The molecule has 2 heterocycles. The highest BCUT2D eigenvalue weighted by atomic mass is 35.5. The van der Waals surface area contributed by atoms with Gasteiger partial charge in [0.15, 0.2) is 5.17 Å². The van der Waals surface area contributed by atoms with Crippen molar-refractivity contribution in [1.82, 2.24) is 4.90 Å². The summed E-state index contributed by atoms with van der Waals surface area (Å²) in [5.41, 5.74) is 0.822. The second-order valence-electron chi connectivity index (χ2n) is 6.71. The maximum absolute atomic E-state index is 13.1. The molecular formula is C24H21ClN2O2S3. The summed E-state index contributed by atoms with van der Waals surface area (Å²) in [6.45, 7) is 3.52. The first-order valence-corrected chi connectivity index (χ1v) is 12.9. The van der Waals surface area contributed by atoms with E-state index >= 15 is 0 Å². The number of para-hydroxylation sites is 1. The van der Waals surface area contributed by atoms with Gasteiger partial charge in [0, 0.05) is 21.4 Å². The Morgan fingerprint density at radius 2 is 1.88 bits per heavy atom. The highest BCUT2D eigenvalue weighted by Crippen LogP contribution is 2.38. The summed E-state index contributed by atoms with van der Waals surface area (Å²) >= 11 is 10.7. The molecule has 0 N–H and O–H groups in total. The van der Waals surface area contributed by atoms with Gasteiger partial charge in [-0.2, -0.15) is 0 Å². The summed E-state index contributed by atoms with van der Waals surface area (Å²) in [6, 6.07) is 21.6. The van der Waals surface area contributed by atoms with Gasteiger partial charge in [-0.1, -0.05) is 41.6 Å². The van der Waals surface area contributed by atoms with Crippen molar-refractivity contribution in [3.05, 3.63) is 81.5 Å². The molecule has 2 aromatic carbocycles. The molecule has 8 heteroatoms. The summed E-state index contributed by atoms with van der Waals surface area (Å²) in [6.07, 6.45) is 1.95. The number of thioether (sulfide) groups is 1. The zero-order valence-corrected chi connectivity index (χ0v) is 20.6. The minimum atomic E-state index is -0.0373. The Bertz CT molecular complexity index is 1130. The predicted octanol–water partition coefficient (Wildman–Crippen LogP) is 7.19. The average molecular weight is 501 g/mol. The van der Waals surface area contributed by atoms with Crippen LogP contribution in [0.4, 0.5) is 5.69 Å². The maximum atomic E-state index is 13.1. The molecular weight excluding hydrogens is 480 g/mol. The van der Waals surface area contributed by atoms with Gasteiger partial charge in [0.05, 0.1) is 28.0 Å². The van der Waals surface area contributed by atoms with Crippen LogP contribution in [0.3, 0.4) is 0 Å². The molecule has 4 rings (SSSR count). The molecule has 1 aromatic heterocycles. The maximum Gasteiger partial charge on any atom is 0.266 e. The third kappa shape index (κ3) is 6.05. The lowest BCUT2D eigenvalue weighted by Crippen LogP contribution is -2.32. The van der Waals surface area contributed by atoms with E-state index < -0.39 is 0 Å². The predicted molar refractivity (Wildman–Crippen MR) is 137 cm³/mol. The van der Waals surface area contributed by atoms with Crippen LogP contribution in [0.5, 0.6) is 0 Å². The molecule has 0 radical (unpaired) electrons. The van der Waals surface area contributed by atoms with E-state index in [0.29, 0.717) is 29.8 Å². The van der Waals surface area contributed by atoms with Crippen molar-refractivity contribution < 1.29 is 9.53 Å². The first-order valence-electron chi connectivity index (χ1n) is 10.1. The summed E-state index contributed by atoms with van der Waals surface area (Å²) in [5, 5.41) is 1.41. The third-order valence-electron chi connectivity index (χ3n) is 4.44. The van der Waals surface area contributed by atoms with Crippen LogP contribution in [-0.2, 0) is 9.53 Å². The highest BCUT2D eigenvalue weighted by molar-refractivity contribution is 8.18. The first-order chi connectivity index (χ1) is 15.6. The van der Waals surface area contributed by atoms with Gasteiger partial charge in [-0.3, -0.25) is 9.69 Å². The molecule has 0 saturated carbocycles. The fourth-order valence-electron chi connectivity index (χ4n) is 2.92. The van der Waals surface area contributed by atoms with Crippen molar-refractivity contribution in [3.8, 4) is 0 Å². The third-order valence-corrected chi connectivity index (χ3v) is 7.87. The monoisotopic (exact) mass is 500 g/mol. The summed E-state index contributed by atoms with van der Waals surface area (Å²) in [7, 11) is 0. The van der Waals surface area contributed by atoms with E-state index in [9.17, 15) is 4.79 Å². The molecule has 164 valence electrons. The molecule has 1 fully saturated rings. The zero-order valence-electron chi connectivity index (χ0n) is 17.4. The normalized spacial score (nSPS) is 16.4. The van der Waals surface area contributed by atoms with Gasteiger partial charge in [0.2, 0.25) is 0 Å². The Balaban J connectivity index is 1.53. The molecule has 0 spiro atoms. The minimum absolute atomic E-state index is 0.0373. The summed E-state index contributed by atoms with van der Waals surface area (Å²) < 4.78 is 6.63. The zero-order chi connectivity index (χ0) is 22.3. The van der Waals surface area contributed by atoms with Crippen molar-refractivity contribution in [3.63, 3.8) is 0 Å². The largest absolute Gasteiger partial charge is 0.380 e. The van der Waals surface area contributed by atoms with E-state index in [1.165, 1.54) is 11.8 Å². The lowest BCUT2D eigenvalue weighted by molar-refractivity contribution is -0.122. The van der Waals surface area contributed by atoms with E-state index in [0.717, 1.165) is 24.7 Å². The number of hydrogen-bond acceptors (Lipinski definition) is 6. The van der Waals surface area contributed by atoms with Crippen molar-refractivity contribution in [1.29, 1.82) is 0 Å². The second kappa shape index (κ2) is 11.2. The van der Waals surface area contributed by atoms with Crippen LogP contribution in [-0.4, -0.2) is 35.7 Å². The van der Waals surface area contributed by atoms with Crippen LogP contribution in [0.25, 0.3) is 6.08 Å². The van der Waals surface area contributed by atoms with E-state index in [2.05, 4.69) is 6.07 Å². The molecule has 4 nitrogen and oxygen atoms in total. The van der Waals surface area contributed by atoms with Crippen LogP contribution >= 0.6 is 46.5 Å². The Morgan fingerprint density at radius 3 is 2.62 bits per heavy atom. The number of hydrogen-bond donors (Lipinski definition) is 0. The SMILES string of the molecule is CCOCCN1C(=O)/C(=C/c2ccc(Sc3ccc(Cl)cc3)s2)SC1=Nc1ccccc1. The molecule has 1 amide bonds. The standard InChI is InChI=1S/C24H21ClN2O2S3/c1-2-29-15-14-27-23(28)21(32-24(27)26-18-6-4-3-5-7-18)16-20-12-13-22(31-20)30-19-10-8-17(25)9-11-19/h3-13,16H,2,14-15H2,1H3/b21-16-,26-24?. The van der Waals surface area contributed by atoms with Crippen LogP contribution < -0.4 is 0 Å². The lowest BCUT2D eigenvalue weighted by Gasteiger charge is -2.15. The van der Waals surface area contributed by atoms with Gasteiger partial charge in [-0.15, -0.1) is 11.3 Å².